The van der Waals surface area contributed by atoms with E-state index in [9.17, 15) is 4.79 Å². The molecule has 0 bridgehead atoms. The highest BCUT2D eigenvalue weighted by atomic mass is 35.5. The number of nitrogens with zero attached hydrogens (tertiary/aromatic N) is 1. The van der Waals surface area contributed by atoms with Gasteiger partial charge in [0.05, 0.1) is 0 Å². The zero-order chi connectivity index (χ0) is 18.7. The summed E-state index contributed by atoms with van der Waals surface area (Å²) in [6, 6.07) is 15.1. The average molecular weight is 421 g/mol. The first-order valence-corrected chi connectivity index (χ1v) is 9.99. The molecule has 2 saturated heterocycles. The molecule has 4 rings (SSSR count). The number of halogens is 2. The average Bonchev–Trinajstić information content (AvgIpc) is 3.16. The molecule has 28 heavy (non-hydrogen) atoms. The van der Waals surface area contributed by atoms with E-state index in [1.165, 1.54) is 6.42 Å². The highest BCUT2D eigenvalue weighted by Crippen LogP contribution is 2.37. The van der Waals surface area contributed by atoms with Crippen LogP contribution in [0.5, 0.6) is 5.75 Å². The summed E-state index contributed by atoms with van der Waals surface area (Å²) in [5.41, 5.74) is 2.16. The fraction of sp³-hybridized carbons (Fsp3) is 0.409. The molecule has 2 aliphatic rings. The van der Waals surface area contributed by atoms with E-state index in [-0.39, 0.29) is 18.3 Å². The van der Waals surface area contributed by atoms with Crippen LogP contribution in [-0.2, 0) is 6.61 Å². The molecule has 1 amide bonds. The number of likely N-dealkylation sites (tertiary alicyclic amines) is 1. The van der Waals surface area contributed by atoms with E-state index in [0.29, 0.717) is 28.4 Å². The Bertz CT molecular complexity index is 794. The first kappa shape index (κ1) is 21.0. The number of carbonyl (C=O) groups is 1. The second-order valence-electron chi connectivity index (χ2n) is 7.66. The first-order chi connectivity index (χ1) is 13.1. The molecule has 2 fully saturated rings. The van der Waals surface area contributed by atoms with Gasteiger partial charge in [-0.1, -0.05) is 29.8 Å². The van der Waals surface area contributed by atoms with Gasteiger partial charge in [0.25, 0.3) is 5.91 Å². The smallest absolute Gasteiger partial charge is 0.253 e. The van der Waals surface area contributed by atoms with E-state index in [4.69, 9.17) is 16.3 Å². The van der Waals surface area contributed by atoms with E-state index < -0.39 is 0 Å². The molecule has 0 saturated carbocycles. The number of benzene rings is 2. The van der Waals surface area contributed by atoms with Crippen molar-refractivity contribution in [2.75, 3.05) is 26.2 Å². The highest BCUT2D eigenvalue weighted by molar-refractivity contribution is 6.30. The summed E-state index contributed by atoms with van der Waals surface area (Å²) in [4.78, 5) is 14.9. The summed E-state index contributed by atoms with van der Waals surface area (Å²) in [5.74, 6) is 0.817. The van der Waals surface area contributed by atoms with Crippen LogP contribution < -0.4 is 10.1 Å². The maximum atomic E-state index is 12.9. The largest absolute Gasteiger partial charge is 0.489 e. The van der Waals surface area contributed by atoms with E-state index in [0.717, 1.165) is 44.6 Å². The minimum Gasteiger partial charge on any atom is -0.489 e. The molecule has 0 unspecified atom stereocenters. The van der Waals surface area contributed by atoms with Crippen molar-refractivity contribution in [1.29, 1.82) is 0 Å². The van der Waals surface area contributed by atoms with Gasteiger partial charge in [-0.2, -0.15) is 0 Å². The zero-order valence-electron chi connectivity index (χ0n) is 15.8. The van der Waals surface area contributed by atoms with Crippen molar-refractivity contribution < 1.29 is 9.53 Å². The summed E-state index contributed by atoms with van der Waals surface area (Å²) in [5, 5.41) is 4.18. The quantitative estimate of drug-likeness (QED) is 0.787. The number of hydrogen-bond acceptors (Lipinski definition) is 3. The van der Waals surface area contributed by atoms with Crippen LogP contribution in [0.2, 0.25) is 5.02 Å². The third-order valence-corrected chi connectivity index (χ3v) is 6.10. The molecule has 2 aliphatic heterocycles. The Labute approximate surface area is 177 Å². The second kappa shape index (κ2) is 9.17. The summed E-state index contributed by atoms with van der Waals surface area (Å²) >= 11 is 5.91. The Kier molecular flexibility index (Phi) is 6.86. The third-order valence-electron chi connectivity index (χ3n) is 5.84. The molecule has 2 aromatic carbocycles. The van der Waals surface area contributed by atoms with Gasteiger partial charge in [-0.25, -0.2) is 0 Å². The van der Waals surface area contributed by atoms with E-state index in [1.807, 2.05) is 53.4 Å². The summed E-state index contributed by atoms with van der Waals surface area (Å²) in [7, 11) is 0. The van der Waals surface area contributed by atoms with Crippen LogP contribution in [-0.4, -0.2) is 37.0 Å². The fourth-order valence-corrected chi connectivity index (χ4v) is 4.18. The van der Waals surface area contributed by atoms with Crippen LogP contribution in [0.3, 0.4) is 0 Å². The lowest BCUT2D eigenvalue weighted by Gasteiger charge is -2.38. The number of rotatable bonds is 4. The molecule has 2 heterocycles. The number of hydrogen-bond donors (Lipinski definition) is 1. The first-order valence-electron chi connectivity index (χ1n) is 9.61. The van der Waals surface area contributed by atoms with Crippen molar-refractivity contribution in [1.82, 2.24) is 10.2 Å². The van der Waals surface area contributed by atoms with Gasteiger partial charge in [-0.3, -0.25) is 4.79 Å². The monoisotopic (exact) mass is 420 g/mol. The van der Waals surface area contributed by atoms with E-state index in [1.54, 1.807) is 0 Å². The van der Waals surface area contributed by atoms with Crippen molar-refractivity contribution in [3.05, 3.63) is 64.7 Å². The van der Waals surface area contributed by atoms with Gasteiger partial charge < -0.3 is 15.0 Å². The number of carbonyl (C=O) groups excluding carboxylic acids is 1. The fourth-order valence-electron chi connectivity index (χ4n) is 4.06. The van der Waals surface area contributed by atoms with Crippen LogP contribution in [0.4, 0.5) is 0 Å². The Hall–Kier alpha value is -1.75. The number of piperidine rings is 1. The van der Waals surface area contributed by atoms with Crippen molar-refractivity contribution in [2.45, 2.75) is 25.9 Å². The van der Waals surface area contributed by atoms with Gasteiger partial charge in [0, 0.05) is 30.2 Å². The van der Waals surface area contributed by atoms with Gasteiger partial charge in [0.15, 0.2) is 0 Å². The zero-order valence-corrected chi connectivity index (χ0v) is 17.4. The van der Waals surface area contributed by atoms with Gasteiger partial charge in [0.1, 0.15) is 12.4 Å². The molecule has 1 N–H and O–H groups in total. The summed E-state index contributed by atoms with van der Waals surface area (Å²) < 4.78 is 5.86. The maximum absolute atomic E-state index is 12.9. The molecule has 2 aromatic rings. The number of amides is 1. The van der Waals surface area contributed by atoms with Gasteiger partial charge in [-0.15, -0.1) is 12.4 Å². The molecule has 150 valence electrons. The van der Waals surface area contributed by atoms with E-state index in [2.05, 4.69) is 5.32 Å². The highest BCUT2D eigenvalue weighted by Gasteiger charge is 2.38. The SMILES string of the molecule is Cl.O=C(c1cccc(OCc2ccc(Cl)cc2)c1)N1CCC2(CCNC2)CC1. The molecule has 0 aromatic heterocycles. The van der Waals surface area contributed by atoms with Crippen molar-refractivity contribution >= 4 is 29.9 Å². The van der Waals surface area contributed by atoms with Gasteiger partial charge >= 0.3 is 0 Å². The van der Waals surface area contributed by atoms with Crippen molar-refractivity contribution in [2.24, 2.45) is 5.41 Å². The summed E-state index contributed by atoms with van der Waals surface area (Å²) in [6.45, 7) is 4.35. The molecule has 1 spiro atoms. The second-order valence-corrected chi connectivity index (χ2v) is 8.10. The molecule has 4 nitrogen and oxygen atoms in total. The molecule has 0 radical (unpaired) electrons. The number of nitrogens with one attached hydrogen (secondary N) is 1. The van der Waals surface area contributed by atoms with E-state index >= 15 is 0 Å². The molecular weight excluding hydrogens is 395 g/mol. The van der Waals surface area contributed by atoms with Crippen LogP contribution in [0.25, 0.3) is 0 Å². The lowest BCUT2D eigenvalue weighted by molar-refractivity contribution is 0.0607. The Morgan fingerprint density at radius 1 is 1.11 bits per heavy atom. The Morgan fingerprint density at radius 3 is 2.54 bits per heavy atom. The standard InChI is InChI=1S/C22H25ClN2O2.ClH/c23-19-6-4-17(5-7-19)15-27-20-3-1-2-18(14-20)21(26)25-12-9-22(10-13-25)8-11-24-16-22;/h1-7,14,24H,8-13,15-16H2;1H. The normalized spacial score (nSPS) is 18.0. The molecular formula is C22H26Cl2N2O2. The van der Waals surface area contributed by atoms with Crippen LogP contribution in [0.15, 0.2) is 48.5 Å². The van der Waals surface area contributed by atoms with Gasteiger partial charge in [-0.05, 0) is 67.1 Å². The van der Waals surface area contributed by atoms with Crippen LogP contribution in [0.1, 0.15) is 35.2 Å². The predicted molar refractivity (Wildman–Crippen MR) is 115 cm³/mol. The molecule has 0 aliphatic carbocycles. The number of ether oxygens (including phenoxy) is 1. The van der Waals surface area contributed by atoms with Crippen LogP contribution in [0, 0.1) is 5.41 Å². The minimum absolute atomic E-state index is 0. The van der Waals surface area contributed by atoms with Crippen molar-refractivity contribution in [3.63, 3.8) is 0 Å². The third kappa shape index (κ3) is 4.80. The Balaban J connectivity index is 0.00000225. The van der Waals surface area contributed by atoms with Crippen LogP contribution >= 0.6 is 24.0 Å². The van der Waals surface area contributed by atoms with Crippen molar-refractivity contribution in [3.8, 4) is 5.75 Å². The maximum Gasteiger partial charge on any atom is 0.253 e. The lowest BCUT2D eigenvalue weighted by Crippen LogP contribution is -2.44. The van der Waals surface area contributed by atoms with Gasteiger partial charge in [0.2, 0.25) is 0 Å². The predicted octanol–water partition coefficient (Wildman–Crippen LogP) is 4.56. The Morgan fingerprint density at radius 2 is 1.86 bits per heavy atom. The summed E-state index contributed by atoms with van der Waals surface area (Å²) in [6.07, 6.45) is 3.43. The minimum atomic E-state index is 0. The topological polar surface area (TPSA) is 41.6 Å². The molecule has 0 atom stereocenters. The molecule has 6 heteroatoms. The lowest BCUT2D eigenvalue weighted by atomic mass is 9.78.